The molecule has 0 amide bonds. The van der Waals surface area contributed by atoms with Gasteiger partial charge in [0.05, 0.1) is 12.0 Å². The molecule has 0 aliphatic rings. The normalized spacial score (nSPS) is 9.77. The largest absolute Gasteiger partial charge is 0.476 e. The number of hydrogen-bond donors (Lipinski definition) is 0. The maximum atomic E-state index is 10.5. The van der Waals surface area contributed by atoms with Crippen molar-refractivity contribution in [2.24, 2.45) is 0 Å². The lowest BCUT2D eigenvalue weighted by Crippen LogP contribution is -1.98. The molecule has 0 aromatic carbocycles. The molecule has 0 saturated heterocycles. The van der Waals surface area contributed by atoms with E-state index < -0.39 is 4.92 Å². The highest BCUT2D eigenvalue weighted by atomic mass is 35.5. The van der Waals surface area contributed by atoms with Crippen molar-refractivity contribution in [3.05, 3.63) is 26.9 Å². The van der Waals surface area contributed by atoms with Gasteiger partial charge < -0.3 is 4.74 Å². The predicted molar refractivity (Wildman–Crippen MR) is 47.2 cm³/mol. The third-order valence-corrected chi connectivity index (χ3v) is 1.71. The van der Waals surface area contributed by atoms with Crippen LogP contribution in [0.5, 0.6) is 5.88 Å². The summed E-state index contributed by atoms with van der Waals surface area (Å²) in [7, 11) is 1.31. The van der Waals surface area contributed by atoms with Crippen molar-refractivity contribution in [3.63, 3.8) is 0 Å². The minimum atomic E-state index is -0.617. The summed E-state index contributed by atoms with van der Waals surface area (Å²) < 4.78 is 4.73. The predicted octanol–water partition coefficient (Wildman–Crippen LogP) is 1.96. The molecule has 0 unspecified atom stereocenters. The zero-order valence-corrected chi connectivity index (χ0v) is 7.83. The number of aryl methyl sites for hydroxylation is 1. The number of ether oxygens (including phenoxy) is 1. The van der Waals surface area contributed by atoms with Crippen molar-refractivity contribution in [2.75, 3.05) is 7.11 Å². The van der Waals surface area contributed by atoms with Gasteiger partial charge in [0.1, 0.15) is 5.02 Å². The summed E-state index contributed by atoms with van der Waals surface area (Å²) in [6.45, 7) is 1.68. The molecule has 0 saturated carbocycles. The van der Waals surface area contributed by atoms with Crippen molar-refractivity contribution in [1.82, 2.24) is 4.98 Å². The molecule has 0 N–H and O–H groups in total. The Balaban J connectivity index is 3.38. The van der Waals surface area contributed by atoms with Gasteiger partial charge in [-0.05, 0) is 13.0 Å². The third-order valence-electron chi connectivity index (χ3n) is 1.42. The molecule has 1 rings (SSSR count). The van der Waals surface area contributed by atoms with Crippen molar-refractivity contribution >= 4 is 17.3 Å². The van der Waals surface area contributed by atoms with Gasteiger partial charge in [0.15, 0.2) is 0 Å². The second-order valence-corrected chi connectivity index (χ2v) is 2.77. The Bertz CT molecular complexity index is 354. The molecule has 0 radical (unpaired) electrons. The third kappa shape index (κ3) is 1.86. The molecular weight excluding hydrogens is 196 g/mol. The fourth-order valence-electron chi connectivity index (χ4n) is 0.907. The van der Waals surface area contributed by atoms with Gasteiger partial charge in [-0.15, -0.1) is 0 Å². The van der Waals surface area contributed by atoms with E-state index in [0.29, 0.717) is 5.69 Å². The van der Waals surface area contributed by atoms with Gasteiger partial charge in [0, 0.05) is 5.69 Å². The molecule has 0 atom stereocenters. The Hall–Kier alpha value is -1.36. The second kappa shape index (κ2) is 3.57. The number of pyridine rings is 1. The Morgan fingerprint density at radius 3 is 2.77 bits per heavy atom. The van der Waals surface area contributed by atoms with Crippen LogP contribution in [0.1, 0.15) is 5.69 Å². The number of aromatic nitrogens is 1. The lowest BCUT2D eigenvalue weighted by atomic mass is 10.3. The van der Waals surface area contributed by atoms with E-state index in [0.717, 1.165) is 0 Å². The Labute approximate surface area is 79.5 Å². The summed E-state index contributed by atoms with van der Waals surface area (Å²) in [5, 5.41) is 10.6. The minimum Gasteiger partial charge on any atom is -0.476 e. The smallest absolute Gasteiger partial charge is 0.349 e. The SMILES string of the molecule is COc1nc(C)cc(Cl)c1[N+](=O)[O-]. The maximum absolute atomic E-state index is 10.5. The van der Waals surface area contributed by atoms with E-state index in [9.17, 15) is 10.1 Å². The number of nitrogens with zero attached hydrogens (tertiary/aromatic N) is 2. The summed E-state index contributed by atoms with van der Waals surface area (Å²) >= 11 is 5.65. The summed E-state index contributed by atoms with van der Waals surface area (Å²) in [5.74, 6) is -0.0602. The molecule has 0 bridgehead atoms. The zero-order valence-electron chi connectivity index (χ0n) is 7.07. The Kier molecular flexibility index (Phi) is 2.67. The van der Waals surface area contributed by atoms with Crippen LogP contribution in [-0.4, -0.2) is 17.0 Å². The van der Waals surface area contributed by atoms with Gasteiger partial charge in [0.25, 0.3) is 5.88 Å². The van der Waals surface area contributed by atoms with Crippen LogP contribution >= 0.6 is 11.6 Å². The van der Waals surface area contributed by atoms with Crippen LogP contribution in [0, 0.1) is 17.0 Å². The van der Waals surface area contributed by atoms with Crippen molar-refractivity contribution in [2.45, 2.75) is 6.92 Å². The average Bonchev–Trinajstić information content (AvgIpc) is 2.01. The van der Waals surface area contributed by atoms with E-state index in [2.05, 4.69) is 4.98 Å². The van der Waals surface area contributed by atoms with Gasteiger partial charge >= 0.3 is 5.69 Å². The fourth-order valence-corrected chi connectivity index (χ4v) is 1.21. The summed E-state index contributed by atoms with van der Waals surface area (Å²) in [5.41, 5.74) is 0.280. The molecule has 5 nitrogen and oxygen atoms in total. The van der Waals surface area contributed by atoms with Crippen LogP contribution in [0.4, 0.5) is 5.69 Å². The highest BCUT2D eigenvalue weighted by Gasteiger charge is 2.21. The molecule has 1 heterocycles. The van der Waals surface area contributed by atoms with Crippen LogP contribution in [0.2, 0.25) is 5.02 Å². The topological polar surface area (TPSA) is 65.3 Å². The quantitative estimate of drug-likeness (QED) is 0.543. The van der Waals surface area contributed by atoms with Gasteiger partial charge in [-0.1, -0.05) is 11.6 Å². The number of nitro groups is 1. The first-order chi connectivity index (χ1) is 6.06. The van der Waals surface area contributed by atoms with E-state index >= 15 is 0 Å². The second-order valence-electron chi connectivity index (χ2n) is 2.36. The van der Waals surface area contributed by atoms with Gasteiger partial charge in [-0.2, -0.15) is 0 Å². The zero-order chi connectivity index (χ0) is 10.0. The van der Waals surface area contributed by atoms with Crippen molar-refractivity contribution < 1.29 is 9.66 Å². The lowest BCUT2D eigenvalue weighted by molar-refractivity contribution is -0.386. The highest BCUT2D eigenvalue weighted by molar-refractivity contribution is 6.32. The Morgan fingerprint density at radius 2 is 2.31 bits per heavy atom. The van der Waals surface area contributed by atoms with Crippen LogP contribution < -0.4 is 4.74 Å². The van der Waals surface area contributed by atoms with E-state index in [-0.39, 0.29) is 16.6 Å². The van der Waals surface area contributed by atoms with Crippen LogP contribution in [0.25, 0.3) is 0 Å². The van der Waals surface area contributed by atoms with Crippen molar-refractivity contribution in [3.8, 4) is 5.88 Å². The number of hydrogen-bond acceptors (Lipinski definition) is 4. The first-order valence-corrected chi connectivity index (χ1v) is 3.79. The average molecular weight is 203 g/mol. The van der Waals surface area contributed by atoms with E-state index in [1.807, 2.05) is 0 Å². The van der Waals surface area contributed by atoms with E-state index in [1.54, 1.807) is 6.92 Å². The van der Waals surface area contributed by atoms with Crippen LogP contribution in [0.15, 0.2) is 6.07 Å². The molecular formula is C7H7ClN2O3. The van der Waals surface area contributed by atoms with Gasteiger partial charge in [0.2, 0.25) is 0 Å². The van der Waals surface area contributed by atoms with Crippen molar-refractivity contribution in [1.29, 1.82) is 0 Å². The van der Waals surface area contributed by atoms with Crippen LogP contribution in [0.3, 0.4) is 0 Å². The molecule has 0 aliphatic carbocycles. The summed E-state index contributed by atoms with van der Waals surface area (Å²) in [4.78, 5) is 13.7. The standard InChI is InChI=1S/C7H7ClN2O3/c1-4-3-5(8)6(10(11)12)7(9-4)13-2/h3H,1-2H3. The molecule has 1 aromatic rings. The highest BCUT2D eigenvalue weighted by Crippen LogP contribution is 2.32. The first kappa shape index (κ1) is 9.73. The summed E-state index contributed by atoms with van der Waals surface area (Å²) in [6, 6.07) is 1.42. The molecule has 70 valence electrons. The van der Waals surface area contributed by atoms with Gasteiger partial charge in [-0.25, -0.2) is 4.98 Å². The Morgan fingerprint density at radius 1 is 1.69 bits per heavy atom. The van der Waals surface area contributed by atoms with E-state index in [4.69, 9.17) is 16.3 Å². The monoisotopic (exact) mass is 202 g/mol. The van der Waals surface area contributed by atoms with Crippen LogP contribution in [-0.2, 0) is 0 Å². The number of rotatable bonds is 2. The first-order valence-electron chi connectivity index (χ1n) is 3.41. The summed E-state index contributed by atoms with van der Waals surface area (Å²) in [6.07, 6.45) is 0. The fraction of sp³-hybridized carbons (Fsp3) is 0.286. The maximum Gasteiger partial charge on any atom is 0.349 e. The molecule has 6 heteroatoms. The molecule has 1 aromatic heterocycles. The molecule has 0 fully saturated rings. The lowest BCUT2D eigenvalue weighted by Gasteiger charge is -2.02. The molecule has 0 spiro atoms. The molecule has 0 aliphatic heterocycles. The number of halogens is 1. The van der Waals surface area contributed by atoms with Gasteiger partial charge in [-0.3, -0.25) is 10.1 Å². The minimum absolute atomic E-state index is 0.0364. The number of methoxy groups -OCH3 is 1. The van der Waals surface area contributed by atoms with E-state index in [1.165, 1.54) is 13.2 Å². The molecule has 13 heavy (non-hydrogen) atoms.